The molecule has 0 aliphatic carbocycles. The van der Waals surface area contributed by atoms with Crippen molar-refractivity contribution in [2.75, 3.05) is 37.7 Å². The zero-order valence-corrected chi connectivity index (χ0v) is 10.2. The first-order valence-corrected chi connectivity index (χ1v) is 6.24. The molecule has 0 aromatic carbocycles. The Morgan fingerprint density at radius 1 is 1.24 bits per heavy atom. The molecule has 5 nitrogen and oxygen atoms in total. The number of anilines is 1. The van der Waals surface area contributed by atoms with Gasteiger partial charge in [-0.3, -0.25) is 0 Å². The number of rotatable bonds is 1. The smallest absolute Gasteiger partial charge is 0.138 e. The largest absolute Gasteiger partial charge is 0.376 e. The van der Waals surface area contributed by atoms with Crippen LogP contribution >= 0.6 is 0 Å². The molecule has 1 aromatic heterocycles. The van der Waals surface area contributed by atoms with Crippen molar-refractivity contribution in [3.63, 3.8) is 0 Å². The maximum atomic E-state index is 5.54. The molecule has 0 unspecified atom stereocenters. The van der Waals surface area contributed by atoms with E-state index in [-0.39, 0.29) is 0 Å². The molecular weight excluding hydrogens is 216 g/mol. The van der Waals surface area contributed by atoms with Crippen molar-refractivity contribution in [1.82, 2.24) is 15.3 Å². The Bertz CT molecular complexity index is 415. The Morgan fingerprint density at radius 3 is 2.88 bits per heavy atom. The Kier molecular flexibility index (Phi) is 2.94. The van der Waals surface area contributed by atoms with Crippen molar-refractivity contribution >= 4 is 5.82 Å². The molecule has 0 spiro atoms. The molecule has 0 saturated carbocycles. The second-order valence-corrected chi connectivity index (χ2v) is 4.56. The van der Waals surface area contributed by atoms with Gasteiger partial charge in [0.25, 0.3) is 0 Å². The zero-order valence-electron chi connectivity index (χ0n) is 10.2. The van der Waals surface area contributed by atoms with Gasteiger partial charge in [-0.2, -0.15) is 0 Å². The van der Waals surface area contributed by atoms with Gasteiger partial charge in [0.2, 0.25) is 0 Å². The fourth-order valence-electron chi connectivity index (χ4n) is 2.47. The van der Waals surface area contributed by atoms with Gasteiger partial charge in [-0.1, -0.05) is 0 Å². The first kappa shape index (κ1) is 10.9. The molecule has 3 rings (SSSR count). The Labute approximate surface area is 101 Å². The number of nitrogens with one attached hydrogen (secondary N) is 1. The van der Waals surface area contributed by atoms with E-state index < -0.39 is 0 Å². The Morgan fingerprint density at radius 2 is 2.06 bits per heavy atom. The lowest BCUT2D eigenvalue weighted by molar-refractivity contribution is 0.109. The summed E-state index contributed by atoms with van der Waals surface area (Å²) in [5.74, 6) is 1.97. The summed E-state index contributed by atoms with van der Waals surface area (Å²) >= 11 is 0. The van der Waals surface area contributed by atoms with E-state index in [0.717, 1.165) is 50.8 Å². The Hall–Kier alpha value is -1.20. The maximum absolute atomic E-state index is 5.54. The van der Waals surface area contributed by atoms with Gasteiger partial charge in [-0.15, -0.1) is 0 Å². The minimum Gasteiger partial charge on any atom is -0.376 e. The van der Waals surface area contributed by atoms with Crippen molar-refractivity contribution in [1.29, 1.82) is 0 Å². The molecule has 1 aromatic rings. The van der Waals surface area contributed by atoms with E-state index in [0.29, 0.717) is 6.61 Å². The molecule has 2 aliphatic rings. The van der Waals surface area contributed by atoms with Gasteiger partial charge >= 0.3 is 0 Å². The number of piperazine rings is 1. The Balaban J connectivity index is 1.98. The molecule has 92 valence electrons. The minimum absolute atomic E-state index is 0.662. The summed E-state index contributed by atoms with van der Waals surface area (Å²) in [5.41, 5.74) is 2.38. The molecule has 0 atom stereocenters. The van der Waals surface area contributed by atoms with Crippen molar-refractivity contribution in [3.8, 4) is 0 Å². The summed E-state index contributed by atoms with van der Waals surface area (Å²) in [5, 5.41) is 3.36. The normalized spacial score (nSPS) is 20.2. The molecule has 0 bridgehead atoms. The molecule has 17 heavy (non-hydrogen) atoms. The van der Waals surface area contributed by atoms with Crippen LogP contribution in [0.3, 0.4) is 0 Å². The van der Waals surface area contributed by atoms with Crippen LogP contribution in [0.2, 0.25) is 0 Å². The second kappa shape index (κ2) is 4.58. The van der Waals surface area contributed by atoms with Crippen LogP contribution in [0, 0.1) is 6.92 Å². The van der Waals surface area contributed by atoms with Gasteiger partial charge < -0.3 is 15.0 Å². The van der Waals surface area contributed by atoms with Gasteiger partial charge in [-0.05, 0) is 6.92 Å². The lowest BCUT2D eigenvalue weighted by atomic mass is 10.1. The van der Waals surface area contributed by atoms with Crippen molar-refractivity contribution in [2.45, 2.75) is 20.0 Å². The number of fused-ring (bicyclic) bond motifs is 1. The lowest BCUT2D eigenvalue weighted by Gasteiger charge is -2.31. The summed E-state index contributed by atoms with van der Waals surface area (Å²) in [7, 11) is 0. The van der Waals surface area contributed by atoms with Crippen LogP contribution in [0.4, 0.5) is 5.82 Å². The first-order chi connectivity index (χ1) is 8.34. The van der Waals surface area contributed by atoms with Crippen molar-refractivity contribution in [2.24, 2.45) is 0 Å². The molecule has 0 radical (unpaired) electrons. The topological polar surface area (TPSA) is 50.3 Å². The van der Waals surface area contributed by atoms with E-state index in [1.807, 2.05) is 6.92 Å². The fourth-order valence-corrected chi connectivity index (χ4v) is 2.47. The molecule has 1 saturated heterocycles. The third-order valence-corrected chi connectivity index (χ3v) is 3.33. The summed E-state index contributed by atoms with van der Waals surface area (Å²) in [6.45, 7) is 7.50. The first-order valence-electron chi connectivity index (χ1n) is 6.24. The summed E-state index contributed by atoms with van der Waals surface area (Å²) in [4.78, 5) is 11.5. The van der Waals surface area contributed by atoms with Gasteiger partial charge in [0, 0.05) is 38.2 Å². The summed E-state index contributed by atoms with van der Waals surface area (Å²) in [6, 6.07) is 0. The van der Waals surface area contributed by atoms with Gasteiger partial charge in [0.1, 0.15) is 11.6 Å². The van der Waals surface area contributed by atoms with E-state index >= 15 is 0 Å². The van der Waals surface area contributed by atoms with E-state index in [1.54, 1.807) is 0 Å². The number of aromatic nitrogens is 2. The standard InChI is InChI=1S/C12H18N4O/c1-9-14-11-2-7-17-8-10(11)12(15-9)16-5-3-13-4-6-16/h13H,2-8H2,1H3. The van der Waals surface area contributed by atoms with E-state index in [9.17, 15) is 0 Å². The van der Waals surface area contributed by atoms with Gasteiger partial charge in [0.15, 0.2) is 0 Å². The predicted molar refractivity (Wildman–Crippen MR) is 65.2 cm³/mol. The van der Waals surface area contributed by atoms with Crippen LogP contribution in [-0.2, 0) is 17.8 Å². The average Bonchev–Trinajstić information content (AvgIpc) is 2.39. The molecule has 5 heteroatoms. The third-order valence-electron chi connectivity index (χ3n) is 3.33. The van der Waals surface area contributed by atoms with Gasteiger partial charge in [0.05, 0.1) is 18.9 Å². The van der Waals surface area contributed by atoms with Crippen LogP contribution in [0.1, 0.15) is 17.1 Å². The van der Waals surface area contributed by atoms with Crippen molar-refractivity contribution in [3.05, 3.63) is 17.1 Å². The molecule has 1 N–H and O–H groups in total. The number of ether oxygens (including phenoxy) is 1. The van der Waals surface area contributed by atoms with Crippen LogP contribution in [0.5, 0.6) is 0 Å². The molecule has 3 heterocycles. The third kappa shape index (κ3) is 2.12. The highest BCUT2D eigenvalue weighted by Crippen LogP contribution is 2.25. The quantitative estimate of drug-likeness (QED) is 0.756. The average molecular weight is 234 g/mol. The van der Waals surface area contributed by atoms with Crippen LogP contribution in [-0.4, -0.2) is 42.8 Å². The number of nitrogens with zero attached hydrogens (tertiary/aromatic N) is 3. The van der Waals surface area contributed by atoms with Crippen LogP contribution in [0.25, 0.3) is 0 Å². The highest BCUT2D eigenvalue weighted by Gasteiger charge is 2.22. The van der Waals surface area contributed by atoms with Crippen LogP contribution < -0.4 is 10.2 Å². The SMILES string of the molecule is Cc1nc2c(c(N3CCNCC3)n1)COCC2. The predicted octanol–water partition coefficient (Wildman–Crippen LogP) is 0.267. The molecular formula is C12H18N4O. The lowest BCUT2D eigenvalue weighted by Crippen LogP contribution is -2.44. The van der Waals surface area contributed by atoms with E-state index in [4.69, 9.17) is 4.74 Å². The molecule has 1 fully saturated rings. The number of hydrogen-bond acceptors (Lipinski definition) is 5. The second-order valence-electron chi connectivity index (χ2n) is 4.56. The zero-order chi connectivity index (χ0) is 11.7. The monoisotopic (exact) mass is 234 g/mol. The van der Waals surface area contributed by atoms with Crippen molar-refractivity contribution < 1.29 is 4.74 Å². The summed E-state index contributed by atoms with van der Waals surface area (Å²) < 4.78 is 5.54. The maximum Gasteiger partial charge on any atom is 0.138 e. The van der Waals surface area contributed by atoms with Gasteiger partial charge in [-0.25, -0.2) is 9.97 Å². The van der Waals surface area contributed by atoms with E-state index in [1.165, 1.54) is 11.3 Å². The number of aryl methyl sites for hydroxylation is 1. The molecule has 2 aliphatic heterocycles. The van der Waals surface area contributed by atoms with E-state index in [2.05, 4.69) is 20.2 Å². The minimum atomic E-state index is 0.662. The number of hydrogen-bond donors (Lipinski definition) is 1. The highest BCUT2D eigenvalue weighted by molar-refractivity contribution is 5.50. The fraction of sp³-hybridized carbons (Fsp3) is 0.667. The highest BCUT2D eigenvalue weighted by atomic mass is 16.5. The van der Waals surface area contributed by atoms with Crippen LogP contribution in [0.15, 0.2) is 0 Å². The summed E-state index contributed by atoms with van der Waals surface area (Å²) in [6.07, 6.45) is 0.914. The molecule has 0 amide bonds.